The van der Waals surface area contributed by atoms with E-state index in [1.807, 2.05) is 6.07 Å². The molecule has 0 bridgehead atoms. The van der Waals surface area contributed by atoms with E-state index < -0.39 is 0 Å². The molecule has 2 aromatic carbocycles. The number of hydrogen-bond donors (Lipinski definition) is 1. The lowest BCUT2D eigenvalue weighted by Crippen LogP contribution is -2.45. The Morgan fingerprint density at radius 3 is 2.81 bits per heavy atom. The van der Waals surface area contributed by atoms with Crippen molar-refractivity contribution >= 4 is 29.4 Å². The van der Waals surface area contributed by atoms with Gasteiger partial charge in [0, 0.05) is 28.9 Å². The van der Waals surface area contributed by atoms with Crippen molar-refractivity contribution in [2.75, 3.05) is 11.9 Å². The highest BCUT2D eigenvalue weighted by atomic mass is 35.5. The van der Waals surface area contributed by atoms with Crippen molar-refractivity contribution in [2.45, 2.75) is 38.6 Å². The lowest BCUT2D eigenvalue weighted by molar-refractivity contribution is 0.0955. The van der Waals surface area contributed by atoms with Crippen molar-refractivity contribution < 1.29 is 4.79 Å². The summed E-state index contributed by atoms with van der Waals surface area (Å²) in [5.41, 5.74) is 6.72. The summed E-state index contributed by atoms with van der Waals surface area (Å²) in [7, 11) is 2.14. The molecule has 1 heterocycles. The zero-order chi connectivity index (χ0) is 18.9. The number of carbonyl (C=O) groups excluding carboxylic acids is 1. The van der Waals surface area contributed by atoms with Crippen LogP contribution in [0.4, 0.5) is 5.69 Å². The van der Waals surface area contributed by atoms with Crippen LogP contribution >= 0.6 is 11.6 Å². The first kappa shape index (κ1) is 18.5. The Morgan fingerprint density at radius 2 is 2.08 bits per heavy atom. The van der Waals surface area contributed by atoms with Crippen molar-refractivity contribution in [3.63, 3.8) is 0 Å². The van der Waals surface area contributed by atoms with Crippen LogP contribution in [0.25, 0.3) is 0 Å². The van der Waals surface area contributed by atoms with E-state index in [1.165, 1.54) is 11.3 Å². The molecule has 3 rings (SSSR count). The second-order valence-electron chi connectivity index (χ2n) is 7.50. The van der Waals surface area contributed by atoms with Gasteiger partial charge >= 0.3 is 0 Å². The monoisotopic (exact) mass is 369 g/mol. The molecule has 0 saturated heterocycles. The molecular weight excluding hydrogens is 346 g/mol. The summed E-state index contributed by atoms with van der Waals surface area (Å²) in [6.45, 7) is 6.80. The van der Waals surface area contributed by atoms with Gasteiger partial charge in [-0.1, -0.05) is 30.7 Å². The number of nitrogens with one attached hydrogen (secondary N) is 1. The molecule has 1 aliphatic rings. The summed E-state index contributed by atoms with van der Waals surface area (Å²) in [5, 5.41) is 4.61. The second-order valence-corrected chi connectivity index (χ2v) is 7.94. The summed E-state index contributed by atoms with van der Waals surface area (Å²) in [4.78, 5) is 14.4. The van der Waals surface area contributed by atoms with E-state index in [9.17, 15) is 4.79 Å². The molecule has 0 unspecified atom stereocenters. The minimum Gasteiger partial charge on any atom is -0.369 e. The van der Waals surface area contributed by atoms with E-state index >= 15 is 0 Å². The molecule has 136 valence electrons. The third kappa shape index (κ3) is 3.75. The second kappa shape index (κ2) is 7.12. The maximum Gasteiger partial charge on any atom is 0.271 e. The van der Waals surface area contributed by atoms with Gasteiger partial charge in [-0.2, -0.15) is 5.10 Å². The first-order valence-corrected chi connectivity index (χ1v) is 9.12. The number of carbonyl (C=O) groups is 1. The Kier molecular flexibility index (Phi) is 5.05. The van der Waals surface area contributed by atoms with Gasteiger partial charge in [0.15, 0.2) is 0 Å². The fourth-order valence-corrected chi connectivity index (χ4v) is 3.73. The highest BCUT2D eigenvalue weighted by molar-refractivity contribution is 6.30. The number of hydrazone groups is 1. The lowest BCUT2D eigenvalue weighted by Gasteiger charge is -2.45. The third-order valence-electron chi connectivity index (χ3n) is 5.12. The van der Waals surface area contributed by atoms with Crippen LogP contribution in [0.5, 0.6) is 0 Å². The third-order valence-corrected chi connectivity index (χ3v) is 5.36. The molecule has 2 aromatic rings. The molecule has 26 heavy (non-hydrogen) atoms. The maximum atomic E-state index is 12.1. The van der Waals surface area contributed by atoms with Crippen molar-refractivity contribution in [1.29, 1.82) is 0 Å². The van der Waals surface area contributed by atoms with Crippen molar-refractivity contribution in [1.82, 2.24) is 5.43 Å². The van der Waals surface area contributed by atoms with Gasteiger partial charge in [-0.25, -0.2) is 5.43 Å². The standard InChI is InChI=1S/C21H24ClN3O/c1-14-12-21(2,3)25(4)19-9-8-15(10-18(14)19)13-23-24-20(26)16-6-5-7-17(22)11-16/h5-11,13-14H,12H2,1-4H3,(H,24,26)/b23-13-/t14-/m1/s1. The largest absolute Gasteiger partial charge is 0.369 e. The topological polar surface area (TPSA) is 44.7 Å². The number of hydrogen-bond acceptors (Lipinski definition) is 3. The van der Waals surface area contributed by atoms with Gasteiger partial charge in [-0.3, -0.25) is 4.79 Å². The average Bonchev–Trinajstić information content (AvgIpc) is 2.59. The SMILES string of the molecule is C[C@@H]1CC(C)(C)N(C)c2ccc(/C=N\NC(=O)c3cccc(Cl)c3)cc21. The van der Waals surface area contributed by atoms with E-state index in [-0.39, 0.29) is 11.4 Å². The lowest BCUT2D eigenvalue weighted by atomic mass is 9.80. The molecule has 4 nitrogen and oxygen atoms in total. The molecule has 0 fully saturated rings. The van der Waals surface area contributed by atoms with Gasteiger partial charge in [0.25, 0.3) is 5.91 Å². The number of fused-ring (bicyclic) bond motifs is 1. The van der Waals surface area contributed by atoms with Gasteiger partial charge in [-0.05, 0) is 67.6 Å². The molecule has 0 saturated carbocycles. The number of nitrogens with zero attached hydrogens (tertiary/aromatic N) is 2. The molecule has 0 aromatic heterocycles. The first-order valence-electron chi connectivity index (χ1n) is 8.75. The van der Waals surface area contributed by atoms with Crippen molar-refractivity contribution in [3.8, 4) is 0 Å². The van der Waals surface area contributed by atoms with E-state index in [1.54, 1.807) is 30.5 Å². The van der Waals surface area contributed by atoms with Crippen LogP contribution in [-0.4, -0.2) is 24.7 Å². The Hall–Kier alpha value is -2.33. The highest BCUT2D eigenvalue weighted by Gasteiger charge is 2.33. The summed E-state index contributed by atoms with van der Waals surface area (Å²) in [6.07, 6.45) is 2.78. The Balaban J connectivity index is 1.74. The normalized spacial score (nSPS) is 18.7. The number of amides is 1. The van der Waals surface area contributed by atoms with E-state index in [0.29, 0.717) is 16.5 Å². The van der Waals surface area contributed by atoms with E-state index in [2.05, 4.69) is 55.4 Å². The number of rotatable bonds is 3. The van der Waals surface area contributed by atoms with Crippen LogP contribution in [0.3, 0.4) is 0 Å². The summed E-state index contributed by atoms with van der Waals surface area (Å²) >= 11 is 5.91. The Morgan fingerprint density at radius 1 is 1.31 bits per heavy atom. The highest BCUT2D eigenvalue weighted by Crippen LogP contribution is 2.42. The molecule has 0 aliphatic carbocycles. The van der Waals surface area contributed by atoms with Gasteiger partial charge in [-0.15, -0.1) is 0 Å². The number of halogens is 1. The molecule has 5 heteroatoms. The zero-order valence-electron chi connectivity index (χ0n) is 15.6. The molecule has 1 N–H and O–H groups in total. The smallest absolute Gasteiger partial charge is 0.271 e. The quantitative estimate of drug-likeness (QED) is 0.622. The molecule has 1 aliphatic heterocycles. The van der Waals surface area contributed by atoms with E-state index in [4.69, 9.17) is 11.6 Å². The van der Waals surface area contributed by atoms with Gasteiger partial charge in [0.2, 0.25) is 0 Å². The van der Waals surface area contributed by atoms with Crippen LogP contribution in [0.2, 0.25) is 5.02 Å². The molecular formula is C21H24ClN3O. The maximum absolute atomic E-state index is 12.1. The minimum absolute atomic E-state index is 0.146. The molecule has 0 spiro atoms. The molecule has 1 atom stereocenters. The fraction of sp³-hybridized carbons (Fsp3) is 0.333. The van der Waals surface area contributed by atoms with Crippen LogP contribution in [-0.2, 0) is 0 Å². The van der Waals surface area contributed by atoms with Crippen LogP contribution in [0.15, 0.2) is 47.6 Å². The molecule has 1 amide bonds. The predicted molar refractivity (Wildman–Crippen MR) is 108 cm³/mol. The average molecular weight is 370 g/mol. The van der Waals surface area contributed by atoms with Crippen LogP contribution in [0.1, 0.15) is 54.6 Å². The minimum atomic E-state index is -0.281. The summed E-state index contributed by atoms with van der Waals surface area (Å²) in [5.74, 6) is 0.196. The Labute approximate surface area is 159 Å². The van der Waals surface area contributed by atoms with Crippen molar-refractivity contribution in [2.24, 2.45) is 5.10 Å². The summed E-state index contributed by atoms with van der Waals surface area (Å²) < 4.78 is 0. The zero-order valence-corrected chi connectivity index (χ0v) is 16.3. The number of anilines is 1. The van der Waals surface area contributed by atoms with Crippen LogP contribution in [0, 0.1) is 0 Å². The van der Waals surface area contributed by atoms with E-state index in [0.717, 1.165) is 12.0 Å². The van der Waals surface area contributed by atoms with Gasteiger partial charge in [0.05, 0.1) is 6.21 Å². The van der Waals surface area contributed by atoms with Gasteiger partial charge in [0.1, 0.15) is 0 Å². The van der Waals surface area contributed by atoms with Gasteiger partial charge < -0.3 is 4.90 Å². The van der Waals surface area contributed by atoms with Crippen molar-refractivity contribution in [3.05, 3.63) is 64.2 Å². The predicted octanol–water partition coefficient (Wildman–Crippen LogP) is 4.83. The summed E-state index contributed by atoms with van der Waals surface area (Å²) in [6, 6.07) is 13.1. The fourth-order valence-electron chi connectivity index (χ4n) is 3.54. The van der Waals surface area contributed by atoms with Crippen LogP contribution < -0.4 is 10.3 Å². The Bertz CT molecular complexity index is 860. The molecule has 0 radical (unpaired) electrons. The first-order chi connectivity index (χ1) is 12.3. The number of benzene rings is 2.